The lowest BCUT2D eigenvalue weighted by Gasteiger charge is -2.32. The third-order valence-corrected chi connectivity index (χ3v) is 11.0. The topological polar surface area (TPSA) is 161 Å². The summed E-state index contributed by atoms with van der Waals surface area (Å²) in [6, 6.07) is 3.89. The van der Waals surface area contributed by atoms with Crippen molar-refractivity contribution in [3.05, 3.63) is 52.2 Å². The second-order valence-electron chi connectivity index (χ2n) is 9.34. The van der Waals surface area contributed by atoms with E-state index in [1.54, 1.807) is 18.4 Å². The standard InChI is InChI=1S/C23H25F3N6O4S3/c1-12-17(13-5-6-29-15(8-13)22(2,11-24)18(25)26)38-20(30-12)23(19(27)33)9-14(10-32(23)21(28)34)31-39(35,36)16-4-3-7-37-16/h3-8,14,18,31H,9-11H2,1-2H3,(H2,27,33)(H2,28,34). The molecule has 3 aromatic rings. The highest BCUT2D eigenvalue weighted by atomic mass is 32.2. The first-order chi connectivity index (χ1) is 18.3. The summed E-state index contributed by atoms with van der Waals surface area (Å²) in [4.78, 5) is 35.3. The molecule has 0 aromatic carbocycles. The fourth-order valence-electron chi connectivity index (χ4n) is 4.46. The van der Waals surface area contributed by atoms with Crippen LogP contribution < -0.4 is 16.2 Å². The van der Waals surface area contributed by atoms with Crippen molar-refractivity contribution in [2.45, 2.75) is 47.9 Å². The third kappa shape index (κ3) is 5.01. The summed E-state index contributed by atoms with van der Waals surface area (Å²) in [7, 11) is -3.96. The number of thiophene rings is 1. The highest BCUT2D eigenvalue weighted by molar-refractivity contribution is 7.91. The van der Waals surface area contributed by atoms with Crippen LogP contribution in [-0.2, 0) is 25.8 Å². The summed E-state index contributed by atoms with van der Waals surface area (Å²) >= 11 is 1.96. The molecule has 39 heavy (non-hydrogen) atoms. The van der Waals surface area contributed by atoms with Gasteiger partial charge < -0.3 is 16.4 Å². The number of nitrogens with zero attached hydrogens (tertiary/aromatic N) is 3. The number of hydrogen-bond donors (Lipinski definition) is 3. The summed E-state index contributed by atoms with van der Waals surface area (Å²) in [6.45, 7) is 1.08. The molecule has 4 heterocycles. The van der Waals surface area contributed by atoms with Gasteiger partial charge in [0, 0.05) is 25.2 Å². The number of urea groups is 1. The van der Waals surface area contributed by atoms with Gasteiger partial charge in [0.1, 0.15) is 15.9 Å². The molecule has 3 aromatic heterocycles. The van der Waals surface area contributed by atoms with Gasteiger partial charge in [-0.2, -0.15) is 0 Å². The van der Waals surface area contributed by atoms with Crippen LogP contribution in [-0.4, -0.2) is 60.9 Å². The molecule has 210 valence electrons. The molecule has 0 saturated carbocycles. The number of carbonyl (C=O) groups excluding carboxylic acids is 2. The largest absolute Gasteiger partial charge is 0.367 e. The molecule has 3 amide bonds. The zero-order valence-electron chi connectivity index (χ0n) is 20.7. The number of thiazole rings is 1. The van der Waals surface area contributed by atoms with Crippen LogP contribution in [0.1, 0.15) is 29.7 Å². The number of nitrogens with one attached hydrogen (secondary N) is 1. The van der Waals surface area contributed by atoms with E-state index in [0.717, 1.165) is 34.5 Å². The Labute approximate surface area is 230 Å². The molecule has 4 rings (SSSR count). The molecule has 1 aliphatic rings. The molecule has 1 saturated heterocycles. The van der Waals surface area contributed by atoms with E-state index in [9.17, 15) is 31.2 Å². The zero-order chi connectivity index (χ0) is 28.8. The number of nitrogens with two attached hydrogens (primary N) is 2. The number of hydrogen-bond acceptors (Lipinski definition) is 8. The predicted molar refractivity (Wildman–Crippen MR) is 140 cm³/mol. The Morgan fingerprint density at radius 2 is 2.05 bits per heavy atom. The summed E-state index contributed by atoms with van der Waals surface area (Å²) in [6.07, 6.45) is -1.99. The summed E-state index contributed by atoms with van der Waals surface area (Å²) in [5, 5.41) is 1.66. The number of likely N-dealkylation sites (tertiary alicyclic amines) is 1. The average molecular weight is 603 g/mol. The quantitative estimate of drug-likeness (QED) is 0.341. The van der Waals surface area contributed by atoms with Gasteiger partial charge in [0.15, 0.2) is 5.54 Å². The molecule has 3 unspecified atom stereocenters. The van der Waals surface area contributed by atoms with E-state index in [1.807, 2.05) is 0 Å². The molecule has 16 heteroatoms. The minimum absolute atomic E-state index is 0.0506. The van der Waals surface area contributed by atoms with Crippen molar-refractivity contribution >= 4 is 44.6 Å². The number of pyridine rings is 1. The molecular weight excluding hydrogens is 577 g/mol. The van der Waals surface area contributed by atoms with Crippen molar-refractivity contribution in [1.29, 1.82) is 0 Å². The number of sulfonamides is 1. The number of amides is 3. The van der Waals surface area contributed by atoms with E-state index >= 15 is 0 Å². The second kappa shape index (κ2) is 10.5. The Hall–Kier alpha value is -3.08. The fraction of sp³-hybridized carbons (Fsp3) is 0.391. The van der Waals surface area contributed by atoms with Crippen LogP contribution in [0.4, 0.5) is 18.0 Å². The van der Waals surface area contributed by atoms with Crippen LogP contribution >= 0.6 is 22.7 Å². The Bertz CT molecular complexity index is 1500. The maximum atomic E-state index is 13.7. The Morgan fingerprint density at radius 1 is 1.33 bits per heavy atom. The van der Waals surface area contributed by atoms with E-state index < -0.39 is 52.1 Å². The van der Waals surface area contributed by atoms with E-state index in [1.165, 1.54) is 24.4 Å². The van der Waals surface area contributed by atoms with Crippen LogP contribution in [0.2, 0.25) is 0 Å². The van der Waals surface area contributed by atoms with Crippen molar-refractivity contribution < 1.29 is 31.2 Å². The maximum absolute atomic E-state index is 13.7. The first-order valence-electron chi connectivity index (χ1n) is 11.5. The van der Waals surface area contributed by atoms with Gasteiger partial charge in [-0.15, -0.1) is 22.7 Å². The Kier molecular flexibility index (Phi) is 7.77. The van der Waals surface area contributed by atoms with Gasteiger partial charge in [0.2, 0.25) is 10.0 Å². The lowest BCUT2D eigenvalue weighted by molar-refractivity contribution is -0.127. The van der Waals surface area contributed by atoms with Crippen molar-refractivity contribution in [2.75, 3.05) is 13.2 Å². The van der Waals surface area contributed by atoms with Gasteiger partial charge in [0.05, 0.1) is 21.7 Å². The van der Waals surface area contributed by atoms with Crippen molar-refractivity contribution in [2.24, 2.45) is 11.5 Å². The average Bonchev–Trinajstić information content (AvgIpc) is 3.62. The molecule has 5 N–H and O–H groups in total. The molecule has 0 bridgehead atoms. The lowest BCUT2D eigenvalue weighted by Crippen LogP contribution is -2.55. The SMILES string of the molecule is Cc1nc(C2(C(N)=O)CC(NS(=O)(=O)c3cccs3)CN2C(N)=O)sc1-c1ccnc(C(C)(CF)C(F)F)c1. The smallest absolute Gasteiger partial charge is 0.316 e. The predicted octanol–water partition coefficient (Wildman–Crippen LogP) is 2.88. The molecule has 1 aliphatic heterocycles. The van der Waals surface area contributed by atoms with Crippen LogP contribution in [0.5, 0.6) is 0 Å². The van der Waals surface area contributed by atoms with Gasteiger partial charge in [-0.25, -0.2) is 36.1 Å². The van der Waals surface area contributed by atoms with Gasteiger partial charge in [-0.3, -0.25) is 9.78 Å². The zero-order valence-corrected chi connectivity index (χ0v) is 23.2. The number of primary amides is 2. The highest BCUT2D eigenvalue weighted by Gasteiger charge is 2.56. The van der Waals surface area contributed by atoms with Gasteiger partial charge >= 0.3 is 6.03 Å². The fourth-order valence-corrected chi connectivity index (χ4v) is 7.98. The minimum atomic E-state index is -3.96. The van der Waals surface area contributed by atoms with E-state index in [4.69, 9.17) is 11.5 Å². The molecule has 0 radical (unpaired) electrons. The van der Waals surface area contributed by atoms with Crippen molar-refractivity contribution in [1.82, 2.24) is 19.6 Å². The summed E-state index contributed by atoms with van der Waals surface area (Å²) in [5.74, 6) is -0.974. The number of aryl methyl sites for hydroxylation is 1. The molecular formula is C23H25F3N6O4S3. The molecule has 0 aliphatic carbocycles. The highest BCUT2D eigenvalue weighted by Crippen LogP contribution is 2.44. The van der Waals surface area contributed by atoms with Crippen LogP contribution in [0, 0.1) is 6.92 Å². The number of rotatable bonds is 9. The van der Waals surface area contributed by atoms with Gasteiger partial charge in [0.25, 0.3) is 12.3 Å². The van der Waals surface area contributed by atoms with Crippen molar-refractivity contribution in [3.8, 4) is 10.4 Å². The maximum Gasteiger partial charge on any atom is 0.316 e. The minimum Gasteiger partial charge on any atom is -0.367 e. The van der Waals surface area contributed by atoms with E-state index in [-0.39, 0.29) is 27.9 Å². The van der Waals surface area contributed by atoms with Crippen LogP contribution in [0.25, 0.3) is 10.4 Å². The van der Waals surface area contributed by atoms with E-state index in [0.29, 0.717) is 16.1 Å². The number of alkyl halides is 3. The molecule has 0 spiro atoms. The summed E-state index contributed by atoms with van der Waals surface area (Å²) < 4.78 is 69.1. The number of aromatic nitrogens is 2. The Morgan fingerprint density at radius 3 is 2.62 bits per heavy atom. The molecule has 10 nitrogen and oxygen atoms in total. The van der Waals surface area contributed by atoms with E-state index in [2.05, 4.69) is 14.7 Å². The van der Waals surface area contributed by atoms with Crippen molar-refractivity contribution in [3.63, 3.8) is 0 Å². The van der Waals surface area contributed by atoms with Gasteiger partial charge in [-0.05, 0) is 43.0 Å². The second-order valence-corrected chi connectivity index (χ2v) is 13.2. The first kappa shape index (κ1) is 28.9. The van der Waals surface area contributed by atoms with Crippen LogP contribution in [0.3, 0.4) is 0 Å². The summed E-state index contributed by atoms with van der Waals surface area (Å²) in [5.41, 5.74) is 8.00. The Balaban J connectivity index is 1.76. The normalized spacial score (nSPS) is 21.3. The third-order valence-electron chi connectivity index (χ3n) is 6.68. The monoisotopic (exact) mass is 602 g/mol. The van der Waals surface area contributed by atoms with Gasteiger partial charge in [-0.1, -0.05) is 6.07 Å². The first-order valence-corrected chi connectivity index (χ1v) is 14.7. The molecule has 3 atom stereocenters. The number of carbonyl (C=O) groups is 2. The lowest BCUT2D eigenvalue weighted by atomic mass is 9.87. The van der Waals surface area contributed by atoms with Crippen LogP contribution in [0.15, 0.2) is 40.1 Å². The molecule has 1 fully saturated rings. The number of halogens is 3.